The number of amides is 1. The van der Waals surface area contributed by atoms with Crippen molar-refractivity contribution in [2.45, 2.75) is 33.2 Å². The number of aromatic amines is 1. The maximum Gasteiger partial charge on any atom is 0.330 e. The molecule has 0 aliphatic carbocycles. The lowest BCUT2D eigenvalue weighted by molar-refractivity contribution is -0.114. The number of carbonyl (C=O) groups excluding carboxylic acids is 1. The van der Waals surface area contributed by atoms with Crippen LogP contribution in [0.25, 0.3) is 6.08 Å². The van der Waals surface area contributed by atoms with E-state index in [1.54, 1.807) is 13.0 Å². The molecule has 0 spiro atoms. The number of nitrogens with one attached hydrogen (secondary N) is 1. The summed E-state index contributed by atoms with van der Waals surface area (Å²) in [7, 11) is 0. The van der Waals surface area contributed by atoms with Crippen molar-refractivity contribution in [1.29, 1.82) is 0 Å². The van der Waals surface area contributed by atoms with Crippen molar-refractivity contribution >= 4 is 23.5 Å². The van der Waals surface area contributed by atoms with E-state index in [9.17, 15) is 18.8 Å². The topological polar surface area (TPSA) is 101 Å². The minimum atomic E-state index is -0.723. The van der Waals surface area contributed by atoms with Crippen LogP contribution in [-0.2, 0) is 11.3 Å². The van der Waals surface area contributed by atoms with Crippen LogP contribution in [0.1, 0.15) is 32.3 Å². The molecule has 2 aromatic rings. The molecule has 0 unspecified atom stereocenters. The third-order valence-corrected chi connectivity index (χ3v) is 4.07. The highest BCUT2D eigenvalue weighted by molar-refractivity contribution is 6.05. The summed E-state index contributed by atoms with van der Waals surface area (Å²) in [6.07, 6.45) is 4.23. The number of H-pyrrole nitrogens is 1. The molecule has 0 atom stereocenters. The van der Waals surface area contributed by atoms with E-state index in [1.165, 1.54) is 39.8 Å². The van der Waals surface area contributed by atoms with Gasteiger partial charge in [-0.2, -0.15) is 0 Å². The molecule has 0 aliphatic rings. The monoisotopic (exact) mass is 374 g/mol. The first-order valence-electron chi connectivity index (χ1n) is 8.76. The second-order valence-electron chi connectivity index (χ2n) is 5.97. The summed E-state index contributed by atoms with van der Waals surface area (Å²) in [5, 5.41) is 0. The van der Waals surface area contributed by atoms with Crippen molar-refractivity contribution in [1.82, 2.24) is 9.55 Å². The van der Waals surface area contributed by atoms with E-state index in [2.05, 4.69) is 4.98 Å². The summed E-state index contributed by atoms with van der Waals surface area (Å²) < 4.78 is 14.5. The van der Waals surface area contributed by atoms with Crippen LogP contribution in [0.3, 0.4) is 0 Å². The first kappa shape index (κ1) is 20.2. The lowest BCUT2D eigenvalue weighted by atomic mass is 10.2. The number of benzene rings is 1. The van der Waals surface area contributed by atoms with Gasteiger partial charge in [-0.25, -0.2) is 9.18 Å². The number of aromatic nitrogens is 2. The van der Waals surface area contributed by atoms with Crippen LogP contribution >= 0.6 is 0 Å². The van der Waals surface area contributed by atoms with Crippen LogP contribution < -0.4 is 21.9 Å². The molecule has 7 nitrogen and oxygen atoms in total. The Morgan fingerprint density at radius 3 is 2.70 bits per heavy atom. The molecule has 0 bridgehead atoms. The van der Waals surface area contributed by atoms with Crippen LogP contribution in [0.2, 0.25) is 0 Å². The summed E-state index contributed by atoms with van der Waals surface area (Å²) in [6.45, 7) is 4.17. The molecule has 144 valence electrons. The molecule has 0 saturated heterocycles. The van der Waals surface area contributed by atoms with E-state index < -0.39 is 23.0 Å². The van der Waals surface area contributed by atoms with E-state index in [0.717, 1.165) is 6.42 Å². The number of anilines is 2. The van der Waals surface area contributed by atoms with E-state index >= 15 is 0 Å². The van der Waals surface area contributed by atoms with Crippen molar-refractivity contribution in [2.75, 3.05) is 17.2 Å². The number of hydrogen-bond donors (Lipinski definition) is 2. The average molecular weight is 374 g/mol. The number of nitrogens with zero attached hydrogens (tertiary/aromatic N) is 2. The Hall–Kier alpha value is -3.16. The molecule has 0 aliphatic heterocycles. The largest absolute Gasteiger partial charge is 0.383 e. The lowest BCUT2D eigenvalue weighted by Gasteiger charge is -2.21. The highest BCUT2D eigenvalue weighted by atomic mass is 19.1. The van der Waals surface area contributed by atoms with Gasteiger partial charge in [0, 0.05) is 19.2 Å². The SMILES string of the molecule is CCCCn1c(N)c(N(CC)C(=O)/C=C/c2cccc(F)c2)c(=O)[nH]c1=O. The van der Waals surface area contributed by atoms with Crippen molar-refractivity contribution in [3.05, 3.63) is 62.6 Å². The molecule has 2 rings (SSSR count). The fraction of sp³-hybridized carbons (Fsp3) is 0.316. The third kappa shape index (κ3) is 4.72. The number of hydrogen-bond acceptors (Lipinski definition) is 4. The summed E-state index contributed by atoms with van der Waals surface area (Å²) in [5.74, 6) is -0.966. The molecule has 1 aromatic carbocycles. The molecule has 27 heavy (non-hydrogen) atoms. The van der Waals surface area contributed by atoms with Crippen LogP contribution in [0.15, 0.2) is 39.9 Å². The Labute approximate surface area is 155 Å². The van der Waals surface area contributed by atoms with Crippen LogP contribution in [0.5, 0.6) is 0 Å². The molecule has 1 heterocycles. The highest BCUT2D eigenvalue weighted by Gasteiger charge is 2.21. The van der Waals surface area contributed by atoms with Gasteiger partial charge in [-0.1, -0.05) is 25.5 Å². The number of carbonyl (C=O) groups is 1. The molecular formula is C19H23FN4O3. The van der Waals surface area contributed by atoms with Crippen LogP contribution in [0, 0.1) is 5.82 Å². The van der Waals surface area contributed by atoms with Gasteiger partial charge in [-0.3, -0.25) is 19.1 Å². The lowest BCUT2D eigenvalue weighted by Crippen LogP contribution is -2.40. The Bertz CT molecular complexity index is 962. The summed E-state index contributed by atoms with van der Waals surface area (Å²) >= 11 is 0. The zero-order chi connectivity index (χ0) is 20.0. The quantitative estimate of drug-likeness (QED) is 0.725. The van der Waals surface area contributed by atoms with Gasteiger partial charge in [-0.15, -0.1) is 0 Å². The average Bonchev–Trinajstić information content (AvgIpc) is 2.63. The zero-order valence-electron chi connectivity index (χ0n) is 15.4. The smallest absolute Gasteiger partial charge is 0.330 e. The van der Waals surface area contributed by atoms with Gasteiger partial charge in [0.1, 0.15) is 11.6 Å². The maximum atomic E-state index is 13.2. The molecule has 1 aromatic heterocycles. The van der Waals surface area contributed by atoms with Crippen molar-refractivity contribution in [3.8, 4) is 0 Å². The second-order valence-corrected chi connectivity index (χ2v) is 5.97. The van der Waals surface area contributed by atoms with E-state index in [1.807, 2.05) is 6.92 Å². The number of likely N-dealkylation sites (N-methyl/N-ethyl adjacent to an activating group) is 1. The second kappa shape index (κ2) is 8.98. The predicted octanol–water partition coefficient (Wildman–Crippen LogP) is 2.12. The standard InChI is InChI=1S/C19H23FN4O3/c1-3-5-11-24-17(21)16(18(26)22-19(24)27)23(4-2)15(25)10-9-13-7-6-8-14(20)12-13/h6-10,12H,3-5,11,21H2,1-2H3,(H,22,26,27)/b10-9+. The Morgan fingerprint density at radius 2 is 2.07 bits per heavy atom. The van der Waals surface area contributed by atoms with Gasteiger partial charge in [-0.05, 0) is 37.1 Å². The summed E-state index contributed by atoms with van der Waals surface area (Å²) in [6, 6.07) is 5.77. The zero-order valence-corrected chi connectivity index (χ0v) is 15.4. The van der Waals surface area contributed by atoms with Gasteiger partial charge in [0.15, 0.2) is 5.69 Å². The molecular weight excluding hydrogens is 351 g/mol. The Balaban J connectivity index is 2.40. The van der Waals surface area contributed by atoms with Gasteiger partial charge < -0.3 is 10.6 Å². The number of nitrogen functional groups attached to an aromatic ring is 1. The van der Waals surface area contributed by atoms with Crippen molar-refractivity contribution in [3.63, 3.8) is 0 Å². The molecule has 8 heteroatoms. The van der Waals surface area contributed by atoms with E-state index in [4.69, 9.17) is 5.73 Å². The number of rotatable bonds is 7. The number of nitrogens with two attached hydrogens (primary N) is 1. The molecule has 3 N–H and O–H groups in total. The van der Waals surface area contributed by atoms with E-state index in [0.29, 0.717) is 18.5 Å². The first-order chi connectivity index (χ1) is 12.9. The molecule has 1 amide bonds. The maximum absolute atomic E-state index is 13.2. The van der Waals surface area contributed by atoms with Gasteiger partial charge >= 0.3 is 5.69 Å². The normalized spacial score (nSPS) is 11.1. The fourth-order valence-electron chi connectivity index (χ4n) is 2.67. The minimum absolute atomic E-state index is 0.0495. The summed E-state index contributed by atoms with van der Waals surface area (Å²) in [4.78, 5) is 40.3. The number of halogens is 1. The van der Waals surface area contributed by atoms with Gasteiger partial charge in [0.2, 0.25) is 0 Å². The van der Waals surface area contributed by atoms with Gasteiger partial charge in [0.25, 0.3) is 11.5 Å². The molecule has 0 fully saturated rings. The highest BCUT2D eigenvalue weighted by Crippen LogP contribution is 2.18. The Morgan fingerprint density at radius 1 is 1.33 bits per heavy atom. The van der Waals surface area contributed by atoms with Crippen LogP contribution in [-0.4, -0.2) is 22.0 Å². The first-order valence-corrected chi connectivity index (χ1v) is 8.76. The third-order valence-electron chi connectivity index (χ3n) is 4.07. The Kier molecular flexibility index (Phi) is 6.70. The minimum Gasteiger partial charge on any atom is -0.383 e. The molecule has 0 saturated carbocycles. The van der Waals surface area contributed by atoms with E-state index in [-0.39, 0.29) is 18.1 Å². The van der Waals surface area contributed by atoms with Crippen molar-refractivity contribution < 1.29 is 9.18 Å². The van der Waals surface area contributed by atoms with Crippen LogP contribution in [0.4, 0.5) is 15.9 Å². The fourth-order valence-corrected chi connectivity index (χ4v) is 2.67. The molecule has 0 radical (unpaired) electrons. The predicted molar refractivity (Wildman–Crippen MR) is 104 cm³/mol. The van der Waals surface area contributed by atoms with Crippen molar-refractivity contribution in [2.24, 2.45) is 0 Å². The number of unbranched alkanes of at least 4 members (excludes halogenated alkanes) is 1. The summed E-state index contributed by atoms with van der Waals surface area (Å²) in [5.41, 5.74) is 5.16. The van der Waals surface area contributed by atoms with Gasteiger partial charge in [0.05, 0.1) is 0 Å².